The predicted octanol–water partition coefficient (Wildman–Crippen LogP) is 0.184. The molecule has 0 unspecified atom stereocenters. The second kappa shape index (κ2) is 10.4. The molecular weight excluding hydrogens is 408 g/mol. The number of hydrogen-bond donors (Lipinski definition) is 4. The van der Waals surface area contributed by atoms with Crippen molar-refractivity contribution in [1.29, 1.82) is 0 Å². The van der Waals surface area contributed by atoms with Crippen molar-refractivity contribution in [3.05, 3.63) is 0 Å². The van der Waals surface area contributed by atoms with Crippen LogP contribution in [0.4, 0.5) is 0 Å². The van der Waals surface area contributed by atoms with E-state index in [9.17, 15) is 29.4 Å². The average Bonchev–Trinajstić information content (AvgIpc) is 3.32. The van der Waals surface area contributed by atoms with Gasteiger partial charge in [0, 0.05) is 12.8 Å². The number of hydrogen-bond acceptors (Lipinski definition) is 8. The van der Waals surface area contributed by atoms with Crippen molar-refractivity contribution in [2.45, 2.75) is 90.5 Å². The van der Waals surface area contributed by atoms with Crippen LogP contribution in [0.25, 0.3) is 0 Å². The number of aliphatic hydroxyl groups excluding tert-OH is 2. The van der Waals surface area contributed by atoms with Crippen molar-refractivity contribution < 1.29 is 38.9 Å². The van der Waals surface area contributed by atoms with E-state index in [1.807, 2.05) is 0 Å². The van der Waals surface area contributed by atoms with Crippen LogP contribution in [-0.4, -0.2) is 70.5 Å². The molecule has 0 aromatic carbocycles. The Balaban J connectivity index is 2.60. The molecule has 0 aromatic rings. The average molecular weight is 445 g/mol. The number of amides is 2. The van der Waals surface area contributed by atoms with Gasteiger partial charge in [-0.25, -0.2) is 9.59 Å². The fraction of sp³-hybridized carbons (Fsp3) is 0.810. The highest BCUT2D eigenvalue weighted by atomic mass is 16.6. The maximum atomic E-state index is 12.4. The minimum atomic E-state index is -1.19. The topological polar surface area (TPSA) is 151 Å². The third kappa shape index (κ3) is 10.1. The lowest BCUT2D eigenvalue weighted by Gasteiger charge is -2.25. The molecule has 10 nitrogen and oxygen atoms in total. The Kier molecular flexibility index (Phi) is 9.01. The summed E-state index contributed by atoms with van der Waals surface area (Å²) >= 11 is 0. The minimum absolute atomic E-state index is 0.0179. The van der Waals surface area contributed by atoms with Gasteiger partial charge in [-0.2, -0.15) is 0 Å². The van der Waals surface area contributed by atoms with Gasteiger partial charge >= 0.3 is 11.9 Å². The van der Waals surface area contributed by atoms with Crippen molar-refractivity contribution >= 4 is 23.8 Å². The lowest BCUT2D eigenvalue weighted by molar-refractivity contribution is -0.160. The number of rotatable bonds is 10. The summed E-state index contributed by atoms with van der Waals surface area (Å²) in [5.74, 6) is -2.45. The smallest absolute Gasteiger partial charge is 0.331 e. The first-order valence-corrected chi connectivity index (χ1v) is 10.4. The van der Waals surface area contributed by atoms with Gasteiger partial charge < -0.3 is 30.3 Å². The molecule has 10 heteroatoms. The van der Waals surface area contributed by atoms with Crippen LogP contribution in [0, 0.1) is 5.41 Å². The Hall–Kier alpha value is -2.20. The fourth-order valence-corrected chi connectivity index (χ4v) is 2.87. The summed E-state index contributed by atoms with van der Waals surface area (Å²) in [6.45, 7) is 8.84. The second-order valence-corrected chi connectivity index (χ2v) is 10.0. The van der Waals surface area contributed by atoms with Crippen molar-refractivity contribution in [2.24, 2.45) is 5.41 Å². The monoisotopic (exact) mass is 444 g/mol. The summed E-state index contributed by atoms with van der Waals surface area (Å²) in [5.41, 5.74) is -2.11. The van der Waals surface area contributed by atoms with E-state index < -0.39 is 65.7 Å². The molecule has 178 valence electrons. The van der Waals surface area contributed by atoms with E-state index in [4.69, 9.17) is 9.47 Å². The van der Waals surface area contributed by atoms with Crippen molar-refractivity contribution in [1.82, 2.24) is 10.6 Å². The summed E-state index contributed by atoms with van der Waals surface area (Å²) in [5, 5.41) is 23.7. The van der Waals surface area contributed by atoms with Crippen molar-refractivity contribution in [3.8, 4) is 0 Å². The molecule has 1 aliphatic carbocycles. The largest absolute Gasteiger partial charge is 0.458 e. The van der Waals surface area contributed by atoms with Gasteiger partial charge in [-0.1, -0.05) is 0 Å². The summed E-state index contributed by atoms with van der Waals surface area (Å²) in [6.07, 6.45) is 1.21. The van der Waals surface area contributed by atoms with Gasteiger partial charge in [-0.15, -0.1) is 0 Å². The molecule has 4 N–H and O–H groups in total. The standard InChI is InChI=1S/C21H36N2O8/c1-19(2,3)30-17(28)13(11-24)22-15(26)9-21(7-8-21)10-16(27)23-14(12-25)18(29)31-20(4,5)6/h13-14,24-25H,7-12H2,1-6H3,(H,22,26)(H,23,27)/t13-,14-/m1/s1. The number of esters is 2. The maximum absolute atomic E-state index is 12.4. The molecule has 1 saturated carbocycles. The van der Waals surface area contributed by atoms with Crippen LogP contribution in [0.5, 0.6) is 0 Å². The Bertz CT molecular complexity index is 620. The first-order valence-electron chi connectivity index (χ1n) is 10.4. The van der Waals surface area contributed by atoms with Crippen LogP contribution >= 0.6 is 0 Å². The highest BCUT2D eigenvalue weighted by Gasteiger charge is 2.46. The maximum Gasteiger partial charge on any atom is 0.331 e. The number of ether oxygens (including phenoxy) is 2. The van der Waals surface area contributed by atoms with Crippen molar-refractivity contribution in [3.63, 3.8) is 0 Å². The van der Waals surface area contributed by atoms with Gasteiger partial charge in [-0.3, -0.25) is 9.59 Å². The predicted molar refractivity (Wildman–Crippen MR) is 111 cm³/mol. The zero-order valence-electron chi connectivity index (χ0n) is 19.2. The van der Waals surface area contributed by atoms with Crippen LogP contribution < -0.4 is 10.6 Å². The van der Waals surface area contributed by atoms with Crippen LogP contribution in [0.1, 0.15) is 67.2 Å². The van der Waals surface area contributed by atoms with E-state index in [0.29, 0.717) is 12.8 Å². The van der Waals surface area contributed by atoms with E-state index in [1.54, 1.807) is 41.5 Å². The third-order valence-corrected chi connectivity index (χ3v) is 4.45. The highest BCUT2D eigenvalue weighted by Crippen LogP contribution is 2.51. The normalized spacial score (nSPS) is 17.2. The molecule has 1 fully saturated rings. The molecule has 0 bridgehead atoms. The summed E-state index contributed by atoms with van der Waals surface area (Å²) in [6, 6.07) is -2.38. The molecule has 0 heterocycles. The van der Waals surface area contributed by atoms with Gasteiger partial charge in [0.05, 0.1) is 13.2 Å². The zero-order valence-corrected chi connectivity index (χ0v) is 19.2. The molecule has 0 saturated heterocycles. The van der Waals surface area contributed by atoms with Crippen LogP contribution in [0.2, 0.25) is 0 Å². The summed E-state index contributed by atoms with van der Waals surface area (Å²) in [4.78, 5) is 48.9. The molecule has 0 aromatic heterocycles. The van der Waals surface area contributed by atoms with Crippen LogP contribution in [0.15, 0.2) is 0 Å². The Morgan fingerprint density at radius 1 is 0.774 bits per heavy atom. The fourth-order valence-electron chi connectivity index (χ4n) is 2.87. The van der Waals surface area contributed by atoms with Crippen molar-refractivity contribution in [2.75, 3.05) is 13.2 Å². The zero-order chi connectivity index (χ0) is 24.0. The van der Waals surface area contributed by atoms with E-state index in [1.165, 1.54) is 0 Å². The molecule has 2 amide bonds. The van der Waals surface area contributed by atoms with Gasteiger partial charge in [0.25, 0.3) is 0 Å². The lowest BCUT2D eigenvalue weighted by Crippen LogP contribution is -2.48. The Morgan fingerprint density at radius 2 is 1.10 bits per heavy atom. The van der Waals surface area contributed by atoms with E-state index in [2.05, 4.69) is 10.6 Å². The molecule has 1 rings (SSSR count). The minimum Gasteiger partial charge on any atom is -0.458 e. The molecule has 1 aliphatic rings. The van der Waals surface area contributed by atoms with Gasteiger partial charge in [0.1, 0.15) is 11.2 Å². The van der Waals surface area contributed by atoms with E-state index in [0.717, 1.165) is 0 Å². The number of aliphatic hydroxyl groups is 2. The first kappa shape index (κ1) is 26.8. The number of carbonyl (C=O) groups is 4. The lowest BCUT2D eigenvalue weighted by atomic mass is 9.96. The molecule has 2 atom stereocenters. The first-order chi connectivity index (χ1) is 14.1. The van der Waals surface area contributed by atoms with E-state index in [-0.39, 0.29) is 12.8 Å². The summed E-state index contributed by atoms with van der Waals surface area (Å²) < 4.78 is 10.3. The molecule has 31 heavy (non-hydrogen) atoms. The van der Waals surface area contributed by atoms with Crippen LogP contribution in [-0.2, 0) is 28.7 Å². The SMILES string of the molecule is CC(C)(C)OC(=O)[C@@H](CO)NC(=O)CC1(CC(=O)N[C@H](CO)C(=O)OC(C)(C)C)CC1. The van der Waals surface area contributed by atoms with E-state index >= 15 is 0 Å². The Morgan fingerprint density at radius 3 is 1.32 bits per heavy atom. The molecule has 0 aliphatic heterocycles. The quantitative estimate of drug-likeness (QED) is 0.349. The highest BCUT2D eigenvalue weighted by molar-refractivity contribution is 5.87. The van der Waals surface area contributed by atoms with Crippen LogP contribution in [0.3, 0.4) is 0 Å². The molecule has 0 spiro atoms. The number of nitrogens with one attached hydrogen (secondary N) is 2. The molecule has 0 radical (unpaired) electrons. The van der Waals surface area contributed by atoms with Gasteiger partial charge in [-0.05, 0) is 59.8 Å². The second-order valence-electron chi connectivity index (χ2n) is 10.0. The number of carbonyl (C=O) groups excluding carboxylic acids is 4. The molecular formula is C21H36N2O8. The third-order valence-electron chi connectivity index (χ3n) is 4.45. The summed E-state index contributed by atoms with van der Waals surface area (Å²) in [7, 11) is 0. The Labute approximate surface area is 183 Å². The van der Waals surface area contributed by atoms with Gasteiger partial charge in [0.15, 0.2) is 12.1 Å². The van der Waals surface area contributed by atoms with Gasteiger partial charge in [0.2, 0.25) is 11.8 Å².